The van der Waals surface area contributed by atoms with Gasteiger partial charge in [0.05, 0.1) is 15.7 Å². The van der Waals surface area contributed by atoms with Gasteiger partial charge in [-0.05, 0) is 36.2 Å². The zero-order valence-electron chi connectivity index (χ0n) is 10.8. The van der Waals surface area contributed by atoms with Crippen LogP contribution in [0.5, 0.6) is 5.75 Å². The highest BCUT2D eigenvalue weighted by atomic mass is 35.5. The number of hydrogen-bond acceptors (Lipinski definition) is 2. The summed E-state index contributed by atoms with van der Waals surface area (Å²) in [6, 6.07) is 12.3. The third kappa shape index (κ3) is 3.65. The molecule has 0 unspecified atom stereocenters. The highest BCUT2D eigenvalue weighted by Gasteiger charge is 2.10. The number of amides is 1. The summed E-state index contributed by atoms with van der Waals surface area (Å²) < 4.78 is 5.20. The maximum absolute atomic E-state index is 11.8. The summed E-state index contributed by atoms with van der Waals surface area (Å²) in [5.74, 6) is 0.486. The minimum absolute atomic E-state index is 0.286. The predicted molar refractivity (Wildman–Crippen MR) is 81.9 cm³/mol. The molecular weight excluding hydrogens is 297 g/mol. The Labute approximate surface area is 127 Å². The quantitative estimate of drug-likeness (QED) is 0.849. The number of rotatable bonds is 3. The van der Waals surface area contributed by atoms with Gasteiger partial charge in [-0.2, -0.15) is 0 Å². The number of halogens is 2. The molecule has 0 fully saturated rings. The molecule has 1 amide bonds. The molecular formula is C15H13Cl2NO2. The minimum Gasteiger partial charge on any atom is -0.410 e. The van der Waals surface area contributed by atoms with Crippen molar-refractivity contribution in [2.24, 2.45) is 0 Å². The van der Waals surface area contributed by atoms with Gasteiger partial charge in [-0.1, -0.05) is 48.3 Å². The van der Waals surface area contributed by atoms with Crippen molar-refractivity contribution >= 4 is 35.0 Å². The van der Waals surface area contributed by atoms with Gasteiger partial charge in [0.25, 0.3) is 0 Å². The molecule has 0 aliphatic carbocycles. The van der Waals surface area contributed by atoms with Gasteiger partial charge in [0.15, 0.2) is 0 Å². The molecule has 0 atom stereocenters. The van der Waals surface area contributed by atoms with Gasteiger partial charge in [0, 0.05) is 0 Å². The molecule has 0 radical (unpaired) electrons. The zero-order valence-corrected chi connectivity index (χ0v) is 12.3. The number of hydrogen-bond donors (Lipinski definition) is 1. The number of anilines is 1. The third-order valence-electron chi connectivity index (χ3n) is 2.71. The van der Waals surface area contributed by atoms with E-state index >= 15 is 0 Å². The van der Waals surface area contributed by atoms with Crippen LogP contribution in [0.25, 0.3) is 0 Å². The number of ether oxygens (including phenoxy) is 1. The molecule has 0 saturated carbocycles. The fourth-order valence-electron chi connectivity index (χ4n) is 1.67. The third-order valence-corrected chi connectivity index (χ3v) is 3.52. The average Bonchev–Trinajstić information content (AvgIpc) is 2.44. The smallest absolute Gasteiger partial charge is 0.410 e. The first-order valence-corrected chi connectivity index (χ1v) is 6.87. The Balaban J connectivity index is 2.07. The Bertz CT molecular complexity index is 629. The summed E-state index contributed by atoms with van der Waals surface area (Å²) >= 11 is 11.9. The molecule has 2 aromatic rings. The molecule has 20 heavy (non-hydrogen) atoms. The van der Waals surface area contributed by atoms with Crippen molar-refractivity contribution in [3.8, 4) is 5.75 Å². The molecule has 2 aromatic carbocycles. The fourth-order valence-corrected chi connectivity index (χ4v) is 2.02. The SMILES string of the molecule is CCc1cccc(OC(=O)Nc2cccc(Cl)c2Cl)c1. The van der Waals surface area contributed by atoms with Crippen molar-refractivity contribution < 1.29 is 9.53 Å². The van der Waals surface area contributed by atoms with Crippen LogP contribution in [0.2, 0.25) is 10.0 Å². The van der Waals surface area contributed by atoms with E-state index in [4.69, 9.17) is 27.9 Å². The van der Waals surface area contributed by atoms with Crippen LogP contribution in [0.1, 0.15) is 12.5 Å². The highest BCUT2D eigenvalue weighted by Crippen LogP contribution is 2.29. The van der Waals surface area contributed by atoms with Crippen molar-refractivity contribution in [2.75, 3.05) is 5.32 Å². The molecule has 0 saturated heterocycles. The Morgan fingerprint density at radius 3 is 2.70 bits per heavy atom. The van der Waals surface area contributed by atoms with Gasteiger partial charge < -0.3 is 4.74 Å². The van der Waals surface area contributed by atoms with E-state index in [9.17, 15) is 4.79 Å². The van der Waals surface area contributed by atoms with Crippen LogP contribution in [0.3, 0.4) is 0 Å². The molecule has 2 rings (SSSR count). The van der Waals surface area contributed by atoms with Gasteiger partial charge >= 0.3 is 6.09 Å². The number of benzene rings is 2. The first kappa shape index (κ1) is 14.7. The van der Waals surface area contributed by atoms with Crippen LogP contribution in [-0.4, -0.2) is 6.09 Å². The van der Waals surface area contributed by atoms with Gasteiger partial charge in [0.2, 0.25) is 0 Å². The topological polar surface area (TPSA) is 38.3 Å². The highest BCUT2D eigenvalue weighted by molar-refractivity contribution is 6.43. The van der Waals surface area contributed by atoms with E-state index in [0.717, 1.165) is 12.0 Å². The normalized spacial score (nSPS) is 10.2. The van der Waals surface area contributed by atoms with Gasteiger partial charge in [-0.3, -0.25) is 5.32 Å². The van der Waals surface area contributed by atoms with Crippen LogP contribution >= 0.6 is 23.2 Å². The van der Waals surface area contributed by atoms with Crippen molar-refractivity contribution in [3.63, 3.8) is 0 Å². The van der Waals surface area contributed by atoms with Crippen LogP contribution < -0.4 is 10.1 Å². The summed E-state index contributed by atoms with van der Waals surface area (Å²) in [5, 5.41) is 3.22. The number of carbonyl (C=O) groups is 1. The van der Waals surface area contributed by atoms with E-state index in [1.165, 1.54) is 0 Å². The monoisotopic (exact) mass is 309 g/mol. The standard InChI is InChI=1S/C15H13Cl2NO2/c1-2-10-5-3-6-11(9-10)20-15(19)18-13-8-4-7-12(16)14(13)17/h3-9H,2H2,1H3,(H,18,19). The van der Waals surface area contributed by atoms with Crippen LogP contribution in [0, 0.1) is 0 Å². The molecule has 1 N–H and O–H groups in total. The van der Waals surface area contributed by atoms with Gasteiger partial charge in [0.1, 0.15) is 5.75 Å². The van der Waals surface area contributed by atoms with E-state index in [2.05, 4.69) is 5.32 Å². The maximum Gasteiger partial charge on any atom is 0.417 e. The van der Waals surface area contributed by atoms with Crippen molar-refractivity contribution in [1.82, 2.24) is 0 Å². The average molecular weight is 310 g/mol. The molecule has 0 aromatic heterocycles. The Morgan fingerprint density at radius 2 is 1.95 bits per heavy atom. The molecule has 3 nitrogen and oxygen atoms in total. The van der Waals surface area contributed by atoms with E-state index < -0.39 is 6.09 Å². The van der Waals surface area contributed by atoms with E-state index in [-0.39, 0.29) is 5.02 Å². The van der Waals surface area contributed by atoms with Crippen LogP contribution in [0.4, 0.5) is 10.5 Å². The lowest BCUT2D eigenvalue weighted by Gasteiger charge is -2.09. The number of aryl methyl sites for hydroxylation is 1. The predicted octanol–water partition coefficient (Wildman–Crippen LogP) is 5.17. The molecule has 0 bridgehead atoms. The zero-order chi connectivity index (χ0) is 14.5. The molecule has 104 valence electrons. The number of nitrogens with one attached hydrogen (secondary N) is 1. The summed E-state index contributed by atoms with van der Waals surface area (Å²) in [6.07, 6.45) is 0.265. The lowest BCUT2D eigenvalue weighted by atomic mass is 10.2. The Kier molecular flexibility index (Phi) is 4.88. The summed E-state index contributed by atoms with van der Waals surface area (Å²) in [4.78, 5) is 11.8. The van der Waals surface area contributed by atoms with Gasteiger partial charge in [-0.25, -0.2) is 4.79 Å². The summed E-state index contributed by atoms with van der Waals surface area (Å²) in [6.45, 7) is 2.03. The molecule has 0 spiro atoms. The first-order valence-electron chi connectivity index (χ1n) is 6.12. The Morgan fingerprint density at radius 1 is 1.20 bits per heavy atom. The van der Waals surface area contributed by atoms with Crippen LogP contribution in [-0.2, 0) is 6.42 Å². The second-order valence-electron chi connectivity index (χ2n) is 4.12. The summed E-state index contributed by atoms with van der Waals surface area (Å²) in [5.41, 5.74) is 1.51. The lowest BCUT2D eigenvalue weighted by molar-refractivity contribution is 0.215. The fraction of sp³-hybridized carbons (Fsp3) is 0.133. The van der Waals surface area contributed by atoms with E-state index in [0.29, 0.717) is 16.5 Å². The largest absolute Gasteiger partial charge is 0.417 e. The minimum atomic E-state index is -0.609. The first-order chi connectivity index (χ1) is 9.60. The second-order valence-corrected chi connectivity index (χ2v) is 4.90. The van der Waals surface area contributed by atoms with Crippen molar-refractivity contribution in [1.29, 1.82) is 0 Å². The number of carbonyl (C=O) groups excluding carboxylic acids is 1. The Hall–Kier alpha value is -1.71. The van der Waals surface area contributed by atoms with Crippen molar-refractivity contribution in [2.45, 2.75) is 13.3 Å². The van der Waals surface area contributed by atoms with Gasteiger partial charge in [-0.15, -0.1) is 0 Å². The van der Waals surface area contributed by atoms with E-state index in [1.807, 2.05) is 25.1 Å². The molecule has 0 heterocycles. The molecule has 0 aliphatic rings. The molecule has 0 aliphatic heterocycles. The lowest BCUT2D eigenvalue weighted by Crippen LogP contribution is -2.17. The molecule has 5 heteroatoms. The maximum atomic E-state index is 11.8. The van der Waals surface area contributed by atoms with Crippen molar-refractivity contribution in [3.05, 3.63) is 58.1 Å². The second kappa shape index (κ2) is 6.64. The summed E-state index contributed by atoms with van der Waals surface area (Å²) in [7, 11) is 0. The van der Waals surface area contributed by atoms with Crippen LogP contribution in [0.15, 0.2) is 42.5 Å². The van der Waals surface area contributed by atoms with E-state index in [1.54, 1.807) is 24.3 Å².